The van der Waals surface area contributed by atoms with E-state index in [4.69, 9.17) is 9.16 Å². The van der Waals surface area contributed by atoms with Gasteiger partial charge in [0, 0.05) is 6.92 Å². The van der Waals surface area contributed by atoms with Gasteiger partial charge >= 0.3 is 5.97 Å². The molecular formula is C13H23O3Si. The van der Waals surface area contributed by atoms with Gasteiger partial charge in [-0.3, -0.25) is 4.79 Å². The van der Waals surface area contributed by atoms with Gasteiger partial charge in [-0.1, -0.05) is 19.8 Å². The Hall–Kier alpha value is -0.773. The molecule has 0 N–H and O–H groups in total. The summed E-state index contributed by atoms with van der Waals surface area (Å²) in [5.41, 5.74) is 0. The van der Waals surface area contributed by atoms with Gasteiger partial charge in [-0.15, -0.1) is 0 Å². The molecule has 0 fully saturated rings. The van der Waals surface area contributed by atoms with Crippen LogP contribution in [0.25, 0.3) is 0 Å². The molecule has 0 bridgehead atoms. The minimum atomic E-state index is -0.788. The van der Waals surface area contributed by atoms with Crippen LogP contribution in [0.2, 0.25) is 13.1 Å². The lowest BCUT2D eigenvalue weighted by molar-refractivity contribution is -0.145. The topological polar surface area (TPSA) is 35.5 Å². The highest BCUT2D eigenvalue weighted by Gasteiger charge is 2.30. The fraction of sp³-hybridized carbons (Fsp3) is 0.769. The van der Waals surface area contributed by atoms with Crippen molar-refractivity contribution in [3.05, 3.63) is 11.8 Å². The van der Waals surface area contributed by atoms with E-state index in [9.17, 15) is 4.79 Å². The molecule has 0 aromatic rings. The molecule has 2 unspecified atom stereocenters. The molecule has 1 aliphatic carbocycles. The first-order valence-electron chi connectivity index (χ1n) is 6.39. The maximum absolute atomic E-state index is 11.1. The van der Waals surface area contributed by atoms with Crippen molar-refractivity contribution in [2.75, 3.05) is 0 Å². The number of esters is 1. The van der Waals surface area contributed by atoms with Crippen LogP contribution in [0.5, 0.6) is 0 Å². The van der Waals surface area contributed by atoms with Crippen LogP contribution >= 0.6 is 0 Å². The van der Waals surface area contributed by atoms with Crippen molar-refractivity contribution in [2.24, 2.45) is 5.92 Å². The standard InChI is InChI=1S/C13H23O3Si/c1-5-6-7-11-8-12(15-10(2)14)13(9-11)16-17(3)4/h9,11-12H,5-8H2,1-4H3. The minimum Gasteiger partial charge on any atom is -0.543 e. The molecule has 0 aromatic carbocycles. The number of allylic oxidation sites excluding steroid dienone is 1. The van der Waals surface area contributed by atoms with Crippen LogP contribution in [0.4, 0.5) is 0 Å². The number of carbonyl (C=O) groups is 1. The van der Waals surface area contributed by atoms with Crippen LogP contribution in [0, 0.1) is 5.92 Å². The SMILES string of the molecule is CCCCC1C=C(O[Si](C)C)C(OC(C)=O)C1. The molecule has 3 nitrogen and oxygen atoms in total. The van der Waals surface area contributed by atoms with E-state index >= 15 is 0 Å². The molecule has 97 valence electrons. The largest absolute Gasteiger partial charge is 0.543 e. The number of unbranched alkanes of at least 4 members (excludes halogenated alkanes) is 1. The summed E-state index contributed by atoms with van der Waals surface area (Å²) < 4.78 is 11.1. The third kappa shape index (κ3) is 4.94. The molecule has 0 aliphatic heterocycles. The molecule has 1 aliphatic rings. The molecule has 0 saturated carbocycles. The van der Waals surface area contributed by atoms with Crippen molar-refractivity contribution in [2.45, 2.75) is 58.7 Å². The lowest BCUT2D eigenvalue weighted by Crippen LogP contribution is -2.21. The third-order valence-corrected chi connectivity index (χ3v) is 3.44. The van der Waals surface area contributed by atoms with Gasteiger partial charge in [0.1, 0.15) is 5.76 Å². The molecule has 0 heterocycles. The summed E-state index contributed by atoms with van der Waals surface area (Å²) in [4.78, 5) is 11.1. The lowest BCUT2D eigenvalue weighted by atomic mass is 10.0. The molecule has 2 atom stereocenters. The van der Waals surface area contributed by atoms with Gasteiger partial charge in [0.15, 0.2) is 6.10 Å². The van der Waals surface area contributed by atoms with Crippen LogP contribution in [-0.4, -0.2) is 21.1 Å². The Kier molecular flexibility index (Phi) is 5.75. The van der Waals surface area contributed by atoms with Gasteiger partial charge in [-0.05, 0) is 37.9 Å². The summed E-state index contributed by atoms with van der Waals surface area (Å²) >= 11 is 0. The summed E-state index contributed by atoms with van der Waals surface area (Å²) in [6.07, 6.45) is 6.50. The molecule has 0 aromatic heterocycles. The number of ether oxygens (including phenoxy) is 1. The Morgan fingerprint density at radius 1 is 1.53 bits per heavy atom. The van der Waals surface area contributed by atoms with Gasteiger partial charge in [-0.25, -0.2) is 0 Å². The summed E-state index contributed by atoms with van der Waals surface area (Å²) in [7, 11) is -0.788. The highest BCUT2D eigenvalue weighted by Crippen LogP contribution is 2.31. The number of hydrogen-bond acceptors (Lipinski definition) is 3. The predicted molar refractivity (Wildman–Crippen MR) is 69.8 cm³/mol. The Labute approximate surface area is 106 Å². The summed E-state index contributed by atoms with van der Waals surface area (Å²) in [6, 6.07) is 0. The van der Waals surface area contributed by atoms with Gasteiger partial charge in [0.2, 0.25) is 0 Å². The van der Waals surface area contributed by atoms with E-state index in [0.717, 1.165) is 18.6 Å². The zero-order valence-electron chi connectivity index (χ0n) is 11.3. The first-order chi connectivity index (χ1) is 8.02. The van der Waals surface area contributed by atoms with Crippen LogP contribution in [-0.2, 0) is 14.0 Å². The Bertz CT molecular complexity index is 286. The summed E-state index contributed by atoms with van der Waals surface area (Å²) in [6.45, 7) is 7.84. The number of hydrogen-bond donors (Lipinski definition) is 0. The first kappa shape index (κ1) is 14.3. The van der Waals surface area contributed by atoms with Crippen LogP contribution in [0.3, 0.4) is 0 Å². The fourth-order valence-electron chi connectivity index (χ4n) is 2.11. The van der Waals surface area contributed by atoms with Crippen molar-refractivity contribution in [3.8, 4) is 0 Å². The van der Waals surface area contributed by atoms with Crippen molar-refractivity contribution in [3.63, 3.8) is 0 Å². The Morgan fingerprint density at radius 2 is 2.24 bits per heavy atom. The van der Waals surface area contributed by atoms with Crippen LogP contribution in [0.1, 0.15) is 39.5 Å². The monoisotopic (exact) mass is 255 g/mol. The fourth-order valence-corrected chi connectivity index (χ4v) is 2.78. The maximum Gasteiger partial charge on any atom is 0.303 e. The molecule has 17 heavy (non-hydrogen) atoms. The van der Waals surface area contributed by atoms with E-state index in [1.807, 2.05) is 0 Å². The lowest BCUT2D eigenvalue weighted by Gasteiger charge is -2.18. The highest BCUT2D eigenvalue weighted by atomic mass is 28.3. The highest BCUT2D eigenvalue weighted by molar-refractivity contribution is 6.48. The smallest absolute Gasteiger partial charge is 0.303 e. The Morgan fingerprint density at radius 3 is 2.76 bits per heavy atom. The molecule has 4 heteroatoms. The average Bonchev–Trinajstić information content (AvgIpc) is 2.56. The van der Waals surface area contributed by atoms with Crippen molar-refractivity contribution in [1.82, 2.24) is 0 Å². The van der Waals surface area contributed by atoms with Crippen molar-refractivity contribution >= 4 is 15.0 Å². The van der Waals surface area contributed by atoms with E-state index in [1.54, 1.807) is 0 Å². The Balaban J connectivity index is 2.58. The van der Waals surface area contributed by atoms with E-state index in [1.165, 1.54) is 19.8 Å². The predicted octanol–water partition coefficient (Wildman–Crippen LogP) is 3.28. The second-order valence-electron chi connectivity index (χ2n) is 4.82. The third-order valence-electron chi connectivity index (χ3n) is 2.79. The normalized spacial score (nSPS) is 23.7. The maximum atomic E-state index is 11.1. The van der Waals surface area contributed by atoms with Crippen LogP contribution in [0.15, 0.2) is 11.8 Å². The van der Waals surface area contributed by atoms with Gasteiger partial charge in [0.05, 0.1) is 0 Å². The first-order valence-corrected chi connectivity index (χ1v) is 8.80. The average molecular weight is 255 g/mol. The van der Waals surface area contributed by atoms with Crippen LogP contribution < -0.4 is 0 Å². The summed E-state index contributed by atoms with van der Waals surface area (Å²) in [5, 5.41) is 0. The molecule has 0 spiro atoms. The zero-order valence-corrected chi connectivity index (χ0v) is 12.3. The quantitative estimate of drug-likeness (QED) is 0.540. The molecule has 0 amide bonds. The number of rotatable bonds is 6. The van der Waals surface area contributed by atoms with E-state index in [-0.39, 0.29) is 12.1 Å². The molecule has 1 radical (unpaired) electrons. The number of carbonyl (C=O) groups excluding carboxylic acids is 1. The van der Waals surface area contributed by atoms with Crippen molar-refractivity contribution < 1.29 is 14.0 Å². The van der Waals surface area contributed by atoms with E-state index in [0.29, 0.717) is 5.92 Å². The molecule has 1 rings (SSSR count). The molecular weight excluding hydrogens is 232 g/mol. The summed E-state index contributed by atoms with van der Waals surface area (Å²) in [5.74, 6) is 1.18. The minimum absolute atomic E-state index is 0.144. The van der Waals surface area contributed by atoms with E-state index in [2.05, 4.69) is 26.1 Å². The second-order valence-corrected chi connectivity index (χ2v) is 6.84. The van der Waals surface area contributed by atoms with Gasteiger partial charge in [-0.2, -0.15) is 0 Å². The van der Waals surface area contributed by atoms with Crippen molar-refractivity contribution in [1.29, 1.82) is 0 Å². The van der Waals surface area contributed by atoms with Gasteiger partial charge in [0.25, 0.3) is 9.04 Å². The zero-order chi connectivity index (χ0) is 12.8. The van der Waals surface area contributed by atoms with Gasteiger partial charge < -0.3 is 9.16 Å². The molecule has 0 saturated heterocycles. The second kappa shape index (κ2) is 6.84. The van der Waals surface area contributed by atoms with E-state index < -0.39 is 9.04 Å².